The minimum absolute atomic E-state index is 0.766. The average molecular weight is 516 g/mol. The van der Waals surface area contributed by atoms with Crippen LogP contribution >= 0.6 is 39.1 Å². The monoisotopic (exact) mass is 513 g/mol. The predicted octanol–water partition coefficient (Wildman–Crippen LogP) is 3.62. The molecule has 0 aromatic carbocycles. The Morgan fingerprint density at radius 2 is 1.30 bits per heavy atom. The van der Waals surface area contributed by atoms with Crippen LogP contribution in [0.1, 0.15) is 0 Å². The third kappa shape index (κ3) is 12.0. The minimum Gasteiger partial charge on any atom is -0.265 e. The molecule has 0 saturated heterocycles. The Morgan fingerprint density at radius 3 is 1.40 bits per heavy atom. The van der Waals surface area contributed by atoms with Crippen molar-refractivity contribution in [3.8, 4) is 0 Å². The van der Waals surface area contributed by atoms with E-state index in [9.17, 15) is 0 Å². The van der Waals surface area contributed by atoms with Gasteiger partial charge in [-0.15, -0.1) is 0 Å². The molecule has 1 aromatic rings. The van der Waals surface area contributed by atoms with Crippen molar-refractivity contribution in [3.63, 3.8) is 0 Å². The normalized spacial score (nSPS) is 9.30. The van der Waals surface area contributed by atoms with Crippen LogP contribution in [0.5, 0.6) is 0 Å². The first kappa shape index (κ1) is 11.3. The maximum atomic E-state index is 3.78. The average Bonchev–Trinajstić information content (AvgIpc) is 1.90. The molecule has 1 aromatic heterocycles. The summed E-state index contributed by atoms with van der Waals surface area (Å²) in [5, 5.41) is 0. The number of rotatable bonds is 0. The van der Waals surface area contributed by atoms with Gasteiger partial charge in [0, 0.05) is 12.4 Å². The maximum Gasteiger partial charge on any atom is 0.0267 e. The summed E-state index contributed by atoms with van der Waals surface area (Å²) in [4.78, 5) is 3.78. The van der Waals surface area contributed by atoms with Crippen LogP contribution in [0.15, 0.2) is 30.6 Å². The Balaban J connectivity index is 0.000000180. The van der Waals surface area contributed by atoms with Crippen molar-refractivity contribution in [2.45, 2.75) is 0 Å². The minimum atomic E-state index is -0.766. The largest absolute Gasteiger partial charge is 0.265 e. The van der Waals surface area contributed by atoms with Crippen LogP contribution in [0.25, 0.3) is 0 Å². The predicted molar refractivity (Wildman–Crippen MR) is 51.0 cm³/mol. The molecule has 0 spiro atoms. The molecule has 0 saturated carbocycles. The van der Waals surface area contributed by atoms with Crippen molar-refractivity contribution in [2.75, 3.05) is 0 Å². The summed E-state index contributed by atoms with van der Waals surface area (Å²) in [6.45, 7) is 0. The van der Waals surface area contributed by atoms with Gasteiger partial charge in [0.15, 0.2) is 0 Å². The van der Waals surface area contributed by atoms with E-state index in [1.165, 1.54) is 0 Å². The summed E-state index contributed by atoms with van der Waals surface area (Å²) in [6, 6.07) is 5.72. The summed E-state index contributed by atoms with van der Waals surface area (Å²) in [5.41, 5.74) is 0. The molecule has 62 valence electrons. The molecule has 0 unspecified atom stereocenters. The van der Waals surface area contributed by atoms with Gasteiger partial charge in [-0.2, -0.15) is 0 Å². The fraction of sp³-hybridized carbons (Fsp3) is 0. The Morgan fingerprint density at radius 1 is 0.900 bits per heavy atom. The Bertz CT molecular complexity index is 117. The number of hydrogen-bond donors (Lipinski definition) is 0. The molecule has 0 radical (unpaired) electrons. The van der Waals surface area contributed by atoms with E-state index >= 15 is 0 Å². The fourth-order valence-electron chi connectivity index (χ4n) is 0.313. The Labute approximate surface area is 85.6 Å². The smallest absolute Gasteiger partial charge is 0.0267 e. The molecular weight excluding hydrogens is 511 g/mol. The van der Waals surface area contributed by atoms with E-state index < -0.39 is 12.0 Å². The van der Waals surface area contributed by atoms with Gasteiger partial charge in [0.2, 0.25) is 0 Å². The number of nitrogens with zero attached hydrogens (tertiary/aromatic N) is 1. The van der Waals surface area contributed by atoms with E-state index in [-0.39, 0.29) is 0 Å². The van der Waals surface area contributed by atoms with Crippen molar-refractivity contribution >= 4 is 39.1 Å². The van der Waals surface area contributed by atoms with Gasteiger partial charge in [-0.3, -0.25) is 4.98 Å². The van der Waals surface area contributed by atoms with Crippen LogP contribution in [0, 0.1) is 0 Å². The molecule has 0 aliphatic heterocycles. The van der Waals surface area contributed by atoms with Crippen molar-refractivity contribution in [1.82, 2.24) is 4.98 Å². The van der Waals surface area contributed by atoms with Gasteiger partial charge in [0.05, 0.1) is 0 Å². The van der Waals surface area contributed by atoms with Crippen molar-refractivity contribution in [3.05, 3.63) is 30.6 Å². The van der Waals surface area contributed by atoms with E-state index in [4.69, 9.17) is 0 Å². The SMILES string of the molecule is [Br][Au]([Br])[Br].c1ccncc1. The summed E-state index contributed by atoms with van der Waals surface area (Å²) < 4.78 is 0. The topological polar surface area (TPSA) is 12.9 Å². The zero-order valence-corrected chi connectivity index (χ0v) is 11.7. The van der Waals surface area contributed by atoms with Crippen LogP contribution in [-0.4, -0.2) is 4.98 Å². The van der Waals surface area contributed by atoms with E-state index in [0.29, 0.717) is 0 Å². The van der Waals surface area contributed by atoms with Crippen LogP contribution in [-0.2, 0) is 12.0 Å². The van der Waals surface area contributed by atoms with Gasteiger partial charge in [-0.25, -0.2) is 0 Å². The molecule has 0 atom stereocenters. The van der Waals surface area contributed by atoms with Gasteiger partial charge >= 0.3 is 51.1 Å². The molecule has 5 heteroatoms. The number of pyridine rings is 1. The van der Waals surface area contributed by atoms with Gasteiger partial charge in [0.1, 0.15) is 0 Å². The van der Waals surface area contributed by atoms with E-state index in [1.54, 1.807) is 12.4 Å². The van der Waals surface area contributed by atoms with Gasteiger partial charge in [-0.1, -0.05) is 6.07 Å². The van der Waals surface area contributed by atoms with Crippen LogP contribution in [0.2, 0.25) is 0 Å². The third-order valence-corrected chi connectivity index (χ3v) is 0.566. The quantitative estimate of drug-likeness (QED) is 0.481. The number of aromatic nitrogens is 1. The van der Waals surface area contributed by atoms with Crippen LogP contribution in [0.3, 0.4) is 0 Å². The zero-order valence-electron chi connectivity index (χ0n) is 4.77. The molecule has 10 heavy (non-hydrogen) atoms. The van der Waals surface area contributed by atoms with Crippen LogP contribution in [0.4, 0.5) is 0 Å². The molecule has 0 aliphatic rings. The molecule has 1 heterocycles. The first-order chi connectivity index (χ1) is 4.73. The molecule has 1 rings (SSSR count). The maximum absolute atomic E-state index is 3.78. The van der Waals surface area contributed by atoms with E-state index in [1.807, 2.05) is 18.2 Å². The molecular formula is C5H5AuBr3N. The first-order valence-corrected chi connectivity index (χ1v) is 16.4. The summed E-state index contributed by atoms with van der Waals surface area (Å²) in [7, 11) is 0. The van der Waals surface area contributed by atoms with E-state index in [0.717, 1.165) is 0 Å². The zero-order chi connectivity index (χ0) is 7.82. The Kier molecular flexibility index (Phi) is 9.55. The summed E-state index contributed by atoms with van der Waals surface area (Å²) in [6.07, 6.45) is 3.50. The fourth-order valence-corrected chi connectivity index (χ4v) is 0.313. The van der Waals surface area contributed by atoms with Gasteiger partial charge in [-0.05, 0) is 12.1 Å². The van der Waals surface area contributed by atoms with Crippen molar-refractivity contribution in [2.24, 2.45) is 0 Å². The Hall–Kier alpha value is 1.33. The summed E-state index contributed by atoms with van der Waals surface area (Å²) in [5.74, 6) is 0. The van der Waals surface area contributed by atoms with Gasteiger partial charge in [0.25, 0.3) is 0 Å². The molecule has 0 aliphatic carbocycles. The molecule has 0 amide bonds. The van der Waals surface area contributed by atoms with E-state index in [2.05, 4.69) is 44.1 Å². The van der Waals surface area contributed by atoms with Crippen molar-refractivity contribution < 1.29 is 12.0 Å². The van der Waals surface area contributed by atoms with Gasteiger partial charge < -0.3 is 0 Å². The molecule has 0 bridgehead atoms. The molecule has 0 N–H and O–H groups in total. The number of halogens is 3. The first-order valence-electron chi connectivity index (χ1n) is 2.19. The second kappa shape index (κ2) is 8.43. The molecule has 1 nitrogen and oxygen atoms in total. The molecule has 0 fully saturated rings. The third-order valence-electron chi connectivity index (χ3n) is 0.566. The second-order valence-corrected chi connectivity index (χ2v) is 29.6. The number of hydrogen-bond acceptors (Lipinski definition) is 1. The summed E-state index contributed by atoms with van der Waals surface area (Å²) >= 11 is 8.99. The standard InChI is InChI=1S/C5H5N.Au.3BrH/c1-2-4-6-5-3-1;;;;/h1-5H;;3*1H/q;+3;;;/p-3. The second-order valence-electron chi connectivity index (χ2n) is 1.15. The van der Waals surface area contributed by atoms with Crippen LogP contribution < -0.4 is 0 Å². The van der Waals surface area contributed by atoms with Crippen molar-refractivity contribution in [1.29, 1.82) is 0 Å².